The molecule has 20 heavy (non-hydrogen) atoms. The lowest BCUT2D eigenvalue weighted by molar-refractivity contribution is 0.565. The van der Waals surface area contributed by atoms with E-state index in [1.807, 2.05) is 20.8 Å². The zero-order valence-electron chi connectivity index (χ0n) is 11.7. The van der Waals surface area contributed by atoms with E-state index in [0.717, 1.165) is 21.3 Å². The number of anilines is 1. The van der Waals surface area contributed by atoms with Gasteiger partial charge in [0, 0.05) is 24.4 Å². The minimum absolute atomic E-state index is 0.118. The summed E-state index contributed by atoms with van der Waals surface area (Å²) in [5.74, 6) is 0. The van der Waals surface area contributed by atoms with Gasteiger partial charge in [-0.2, -0.15) is 0 Å². The Morgan fingerprint density at radius 1 is 1.25 bits per heavy atom. The molecule has 8 heteroatoms. The van der Waals surface area contributed by atoms with Gasteiger partial charge in [0.25, 0.3) is 10.0 Å². The Hall–Kier alpha value is -1.54. The van der Waals surface area contributed by atoms with Gasteiger partial charge in [0.05, 0.1) is 0 Å². The van der Waals surface area contributed by atoms with Crippen molar-refractivity contribution in [1.82, 2.24) is 15.2 Å². The summed E-state index contributed by atoms with van der Waals surface area (Å²) in [6.45, 7) is 6.07. The number of nitrogens with zero attached hydrogens (tertiary/aromatic N) is 4. The van der Waals surface area contributed by atoms with Crippen LogP contribution < -0.4 is 4.31 Å². The highest BCUT2D eigenvalue weighted by Crippen LogP contribution is 2.24. The molecule has 0 saturated heterocycles. The van der Waals surface area contributed by atoms with Crippen LogP contribution in [0.25, 0.3) is 0 Å². The lowest BCUT2D eigenvalue weighted by Gasteiger charge is -2.19. The fourth-order valence-corrected chi connectivity index (χ4v) is 3.38. The number of hydrogen-bond donors (Lipinski definition) is 0. The van der Waals surface area contributed by atoms with Crippen LogP contribution in [0.3, 0.4) is 0 Å². The van der Waals surface area contributed by atoms with Crippen LogP contribution in [0.2, 0.25) is 0 Å². The zero-order chi connectivity index (χ0) is 15.0. The first kappa shape index (κ1) is 14.9. The van der Waals surface area contributed by atoms with E-state index in [1.54, 1.807) is 12.1 Å². The summed E-state index contributed by atoms with van der Waals surface area (Å²) < 4.78 is 25.9. The van der Waals surface area contributed by atoms with Crippen molar-refractivity contribution in [1.29, 1.82) is 0 Å². The highest BCUT2D eigenvalue weighted by atomic mass is 32.2. The van der Waals surface area contributed by atoms with Gasteiger partial charge >= 0.3 is 0 Å². The van der Waals surface area contributed by atoms with Crippen molar-refractivity contribution in [2.24, 2.45) is 0 Å². The van der Waals surface area contributed by atoms with Crippen LogP contribution >= 0.6 is 11.3 Å². The van der Waals surface area contributed by atoms with Crippen molar-refractivity contribution in [2.45, 2.75) is 31.1 Å². The molecule has 108 valence electrons. The molecule has 0 aliphatic carbocycles. The van der Waals surface area contributed by atoms with Gasteiger partial charge in [0.15, 0.2) is 0 Å². The summed E-state index contributed by atoms with van der Waals surface area (Å²) in [5.41, 5.74) is 2.21. The van der Waals surface area contributed by atoms with Gasteiger partial charge in [-0.15, -0.1) is 10.2 Å². The lowest BCUT2D eigenvalue weighted by atomic mass is 9.92. The van der Waals surface area contributed by atoms with Crippen molar-refractivity contribution < 1.29 is 8.42 Å². The maximum atomic E-state index is 12.4. The van der Waals surface area contributed by atoms with Crippen LogP contribution in [0.4, 0.5) is 5.13 Å². The molecule has 0 spiro atoms. The summed E-state index contributed by atoms with van der Waals surface area (Å²) in [4.78, 5) is 4.38. The van der Waals surface area contributed by atoms with E-state index in [2.05, 4.69) is 15.2 Å². The van der Waals surface area contributed by atoms with E-state index >= 15 is 0 Å². The highest BCUT2D eigenvalue weighted by molar-refractivity contribution is 7.93. The topological polar surface area (TPSA) is 76.1 Å². The Bertz CT molecular complexity index is 673. The molecule has 0 atom stereocenters. The predicted octanol–water partition coefficient (Wildman–Crippen LogP) is 2.06. The first-order chi connectivity index (χ1) is 9.23. The van der Waals surface area contributed by atoms with Gasteiger partial charge in [-0.25, -0.2) is 12.7 Å². The van der Waals surface area contributed by atoms with Crippen LogP contribution in [0, 0.1) is 0 Å². The monoisotopic (exact) mass is 312 g/mol. The molecule has 2 rings (SSSR count). The van der Waals surface area contributed by atoms with Crippen molar-refractivity contribution in [3.63, 3.8) is 0 Å². The Kier molecular flexibility index (Phi) is 3.79. The first-order valence-electron chi connectivity index (χ1n) is 5.94. The van der Waals surface area contributed by atoms with Crippen LogP contribution in [0.15, 0.2) is 28.7 Å². The number of rotatable bonds is 3. The largest absolute Gasteiger partial charge is 0.267 e. The molecule has 0 aliphatic heterocycles. The molecule has 0 aromatic carbocycles. The SMILES string of the molecule is CN(c1nncs1)S(=O)(=O)c1ccc(C(C)(C)C)nc1. The maximum absolute atomic E-state index is 12.4. The normalized spacial score (nSPS) is 12.4. The van der Waals surface area contributed by atoms with E-state index in [4.69, 9.17) is 0 Å². The number of pyridine rings is 1. The molecule has 0 N–H and O–H groups in total. The lowest BCUT2D eigenvalue weighted by Crippen LogP contribution is -2.27. The first-order valence-corrected chi connectivity index (χ1v) is 8.26. The third-order valence-electron chi connectivity index (χ3n) is 2.78. The number of sulfonamides is 1. The minimum atomic E-state index is -3.65. The van der Waals surface area contributed by atoms with Gasteiger partial charge in [-0.3, -0.25) is 4.98 Å². The standard InChI is InChI=1S/C12H16N4O2S2/c1-12(2,3)10-6-5-9(7-13-10)20(17,18)16(4)11-15-14-8-19-11/h5-8H,1-4H3. The van der Waals surface area contributed by atoms with E-state index < -0.39 is 10.0 Å². The molecular formula is C12H16N4O2S2. The Morgan fingerprint density at radius 2 is 1.95 bits per heavy atom. The fourth-order valence-electron chi connectivity index (χ4n) is 1.54. The Morgan fingerprint density at radius 3 is 2.40 bits per heavy atom. The number of hydrogen-bond acceptors (Lipinski definition) is 6. The fraction of sp³-hybridized carbons (Fsp3) is 0.417. The van der Waals surface area contributed by atoms with Gasteiger partial charge in [-0.1, -0.05) is 32.1 Å². The molecule has 0 unspecified atom stereocenters. The second-order valence-electron chi connectivity index (χ2n) is 5.32. The molecule has 2 aromatic heterocycles. The van der Waals surface area contributed by atoms with Crippen molar-refractivity contribution in [3.05, 3.63) is 29.5 Å². The molecule has 6 nitrogen and oxygen atoms in total. The third kappa shape index (κ3) is 2.80. The van der Waals surface area contributed by atoms with Crippen molar-refractivity contribution >= 4 is 26.5 Å². The summed E-state index contributed by atoms with van der Waals surface area (Å²) in [7, 11) is -2.19. The van der Waals surface area contributed by atoms with Gasteiger partial charge in [0.2, 0.25) is 5.13 Å². The van der Waals surface area contributed by atoms with Crippen LogP contribution in [-0.2, 0) is 15.4 Å². The van der Waals surface area contributed by atoms with Crippen LogP contribution in [0.1, 0.15) is 26.5 Å². The molecule has 2 aromatic rings. The Balaban J connectivity index is 2.36. The molecule has 0 saturated carbocycles. The van der Waals surface area contributed by atoms with E-state index in [0.29, 0.717) is 5.13 Å². The molecule has 2 heterocycles. The molecule has 0 radical (unpaired) electrons. The molecular weight excluding hydrogens is 296 g/mol. The zero-order valence-corrected chi connectivity index (χ0v) is 13.4. The van der Waals surface area contributed by atoms with Gasteiger partial charge in [-0.05, 0) is 12.1 Å². The smallest absolute Gasteiger partial charge is 0.259 e. The van der Waals surface area contributed by atoms with E-state index in [1.165, 1.54) is 18.8 Å². The number of aromatic nitrogens is 3. The third-order valence-corrected chi connectivity index (χ3v) is 5.39. The molecule has 0 fully saturated rings. The van der Waals surface area contributed by atoms with Gasteiger partial charge in [0.1, 0.15) is 10.4 Å². The molecule has 0 amide bonds. The summed E-state index contributed by atoms with van der Waals surface area (Å²) in [5, 5.41) is 7.73. The molecule has 0 aliphatic rings. The van der Waals surface area contributed by atoms with Gasteiger partial charge < -0.3 is 0 Å². The summed E-state index contributed by atoms with van der Waals surface area (Å²) >= 11 is 1.16. The highest BCUT2D eigenvalue weighted by Gasteiger charge is 2.24. The summed E-state index contributed by atoms with van der Waals surface area (Å²) in [6, 6.07) is 3.31. The van der Waals surface area contributed by atoms with E-state index in [-0.39, 0.29) is 10.3 Å². The average molecular weight is 312 g/mol. The van der Waals surface area contributed by atoms with Crippen molar-refractivity contribution in [2.75, 3.05) is 11.4 Å². The average Bonchev–Trinajstić information content (AvgIpc) is 2.90. The predicted molar refractivity (Wildman–Crippen MR) is 78.4 cm³/mol. The minimum Gasteiger partial charge on any atom is -0.259 e. The molecule has 0 bridgehead atoms. The second kappa shape index (κ2) is 5.10. The van der Waals surface area contributed by atoms with Crippen LogP contribution in [0.5, 0.6) is 0 Å². The Labute approximate surface area is 122 Å². The second-order valence-corrected chi connectivity index (χ2v) is 8.10. The van der Waals surface area contributed by atoms with E-state index in [9.17, 15) is 8.42 Å². The van der Waals surface area contributed by atoms with Crippen molar-refractivity contribution in [3.8, 4) is 0 Å². The quantitative estimate of drug-likeness (QED) is 0.867. The summed E-state index contributed by atoms with van der Waals surface area (Å²) in [6.07, 6.45) is 1.38. The maximum Gasteiger partial charge on any atom is 0.267 e. The van der Waals surface area contributed by atoms with Crippen LogP contribution in [-0.4, -0.2) is 30.6 Å².